The van der Waals surface area contributed by atoms with Crippen molar-refractivity contribution in [2.45, 2.75) is 52.1 Å². The summed E-state index contributed by atoms with van der Waals surface area (Å²) in [6.45, 7) is 10.6. The molecule has 0 aliphatic heterocycles. The normalized spacial score (nSPS) is 34.5. The maximum atomic E-state index is 12.7. The summed E-state index contributed by atoms with van der Waals surface area (Å²) < 4.78 is 0. The molecule has 1 saturated carbocycles. The van der Waals surface area contributed by atoms with E-state index in [1.807, 2.05) is 6.92 Å². The van der Waals surface area contributed by atoms with Crippen molar-refractivity contribution in [3.8, 4) is 0 Å². The summed E-state index contributed by atoms with van der Waals surface area (Å²) in [4.78, 5) is 20.3. The number of carbonyl (C=O) groups excluding carboxylic acids is 1. The van der Waals surface area contributed by atoms with E-state index in [4.69, 9.17) is 5.73 Å². The summed E-state index contributed by atoms with van der Waals surface area (Å²) in [6.07, 6.45) is 4.05. The van der Waals surface area contributed by atoms with Gasteiger partial charge in [0.05, 0.1) is 11.8 Å². The van der Waals surface area contributed by atoms with Crippen LogP contribution in [0.4, 0.5) is 5.13 Å². The topological polar surface area (TPSA) is 79.5 Å². The fourth-order valence-corrected chi connectivity index (χ4v) is 6.51. The monoisotopic (exact) mass is 377 g/mol. The molecule has 6 heteroatoms. The molecule has 1 aromatic heterocycles. The van der Waals surface area contributed by atoms with Crippen LogP contribution in [-0.2, 0) is 11.2 Å². The average molecular weight is 378 g/mol. The zero-order valence-corrected chi connectivity index (χ0v) is 17.1. The SMILES string of the molecule is C=CCN(C)C(=O)[C@@H](C)[C@H]1CC[C@]2(C)Cc3sc(N)nc3[C@H](C)[C@@H]2[C@H]1O. The fraction of sp³-hybridized carbons (Fsp3) is 0.700. The third-order valence-corrected chi connectivity index (χ3v) is 7.65. The van der Waals surface area contributed by atoms with Crippen molar-refractivity contribution < 1.29 is 9.90 Å². The highest BCUT2D eigenvalue weighted by atomic mass is 32.1. The zero-order chi connectivity index (χ0) is 19.2. The quantitative estimate of drug-likeness (QED) is 0.791. The average Bonchev–Trinajstić information content (AvgIpc) is 2.93. The van der Waals surface area contributed by atoms with Gasteiger partial charge in [0.2, 0.25) is 5.91 Å². The zero-order valence-electron chi connectivity index (χ0n) is 16.2. The summed E-state index contributed by atoms with van der Waals surface area (Å²) in [7, 11) is 1.80. The van der Waals surface area contributed by atoms with E-state index in [9.17, 15) is 9.90 Å². The Morgan fingerprint density at radius 1 is 1.62 bits per heavy atom. The maximum Gasteiger partial charge on any atom is 0.225 e. The molecule has 0 saturated heterocycles. The van der Waals surface area contributed by atoms with Crippen LogP contribution in [0.3, 0.4) is 0 Å². The van der Waals surface area contributed by atoms with Gasteiger partial charge in [0.15, 0.2) is 5.13 Å². The molecule has 2 aliphatic rings. The highest BCUT2D eigenvalue weighted by molar-refractivity contribution is 7.15. The van der Waals surface area contributed by atoms with Gasteiger partial charge in [-0.2, -0.15) is 0 Å². The van der Waals surface area contributed by atoms with Gasteiger partial charge in [0, 0.05) is 30.3 Å². The van der Waals surface area contributed by atoms with Crippen molar-refractivity contribution in [1.29, 1.82) is 0 Å². The van der Waals surface area contributed by atoms with Crippen LogP contribution in [0, 0.1) is 23.2 Å². The number of nitrogen functional groups attached to an aromatic ring is 1. The molecule has 0 aromatic carbocycles. The number of thiazole rings is 1. The Morgan fingerprint density at radius 2 is 2.31 bits per heavy atom. The summed E-state index contributed by atoms with van der Waals surface area (Å²) in [5, 5.41) is 11.9. The van der Waals surface area contributed by atoms with E-state index in [0.29, 0.717) is 11.7 Å². The molecule has 5 nitrogen and oxygen atoms in total. The second-order valence-corrected chi connectivity index (χ2v) is 9.61. The number of aliphatic hydroxyl groups excluding tert-OH is 1. The van der Waals surface area contributed by atoms with Gasteiger partial charge in [0.1, 0.15) is 0 Å². The molecule has 2 aliphatic carbocycles. The number of aliphatic hydroxyl groups is 1. The summed E-state index contributed by atoms with van der Waals surface area (Å²) in [6, 6.07) is 0. The standard InChI is InChI=1S/C20H31N3O2S/c1-6-9-23(5)18(25)11(2)13-7-8-20(4)10-14-16(22-19(21)26-14)12(3)15(20)17(13)24/h6,11-13,15,17,24H,1,7-10H2,2-5H3,(H2,21,22)/t11-,12+,13+,15+,17-,20+/m0/s1. The van der Waals surface area contributed by atoms with Crippen LogP contribution >= 0.6 is 11.3 Å². The lowest BCUT2D eigenvalue weighted by Crippen LogP contribution is -2.53. The van der Waals surface area contributed by atoms with Crippen LogP contribution in [0.2, 0.25) is 0 Å². The molecule has 1 aromatic rings. The number of carbonyl (C=O) groups is 1. The summed E-state index contributed by atoms with van der Waals surface area (Å²) in [5.74, 6) is 0.125. The van der Waals surface area contributed by atoms with Crippen molar-refractivity contribution >= 4 is 22.4 Å². The van der Waals surface area contributed by atoms with Gasteiger partial charge < -0.3 is 15.7 Å². The number of aromatic nitrogens is 1. The molecule has 144 valence electrons. The Labute approximate surface area is 160 Å². The van der Waals surface area contributed by atoms with E-state index < -0.39 is 6.10 Å². The second-order valence-electron chi connectivity index (χ2n) is 8.50. The number of anilines is 1. The number of amides is 1. The molecule has 1 fully saturated rings. The first-order chi connectivity index (χ1) is 12.2. The van der Waals surface area contributed by atoms with Crippen LogP contribution in [0.5, 0.6) is 0 Å². The molecule has 1 amide bonds. The molecular formula is C20H31N3O2S. The molecule has 0 radical (unpaired) electrons. The Morgan fingerprint density at radius 3 is 2.96 bits per heavy atom. The Balaban J connectivity index is 1.86. The van der Waals surface area contributed by atoms with Crippen LogP contribution in [0.1, 0.15) is 50.1 Å². The maximum absolute atomic E-state index is 12.7. The molecule has 26 heavy (non-hydrogen) atoms. The highest BCUT2D eigenvalue weighted by Crippen LogP contribution is 2.57. The number of fused-ring (bicyclic) bond motifs is 2. The second kappa shape index (κ2) is 6.97. The predicted octanol–water partition coefficient (Wildman–Crippen LogP) is 3.06. The van der Waals surface area contributed by atoms with E-state index in [1.54, 1.807) is 29.4 Å². The third-order valence-electron chi connectivity index (χ3n) is 6.75. The molecule has 1 heterocycles. The lowest BCUT2D eigenvalue weighted by atomic mass is 9.53. The van der Waals surface area contributed by atoms with Gasteiger partial charge >= 0.3 is 0 Å². The fourth-order valence-electron chi connectivity index (χ4n) is 5.38. The smallest absolute Gasteiger partial charge is 0.225 e. The molecule has 6 atom stereocenters. The van der Waals surface area contributed by atoms with Crippen molar-refractivity contribution in [3.05, 3.63) is 23.2 Å². The Bertz CT molecular complexity index is 703. The Kier molecular flexibility index (Phi) is 5.19. The van der Waals surface area contributed by atoms with Crippen molar-refractivity contribution in [1.82, 2.24) is 9.88 Å². The van der Waals surface area contributed by atoms with Crippen LogP contribution in [-0.4, -0.2) is 40.6 Å². The molecule has 0 spiro atoms. The summed E-state index contributed by atoms with van der Waals surface area (Å²) >= 11 is 1.59. The first-order valence-electron chi connectivity index (χ1n) is 9.48. The van der Waals surface area contributed by atoms with Gasteiger partial charge in [-0.05, 0) is 36.5 Å². The number of rotatable bonds is 4. The minimum atomic E-state index is -0.504. The van der Waals surface area contributed by atoms with E-state index in [0.717, 1.165) is 25.0 Å². The molecule has 0 bridgehead atoms. The molecule has 3 N–H and O–H groups in total. The number of likely N-dealkylation sites (N-methyl/N-ethyl adjacent to an activating group) is 1. The van der Waals surface area contributed by atoms with Crippen LogP contribution in [0.15, 0.2) is 12.7 Å². The van der Waals surface area contributed by atoms with Gasteiger partial charge in [-0.1, -0.05) is 26.8 Å². The van der Waals surface area contributed by atoms with Gasteiger partial charge in [0.25, 0.3) is 0 Å². The van der Waals surface area contributed by atoms with Gasteiger partial charge in [-0.15, -0.1) is 17.9 Å². The van der Waals surface area contributed by atoms with E-state index in [1.165, 1.54) is 4.88 Å². The van der Waals surface area contributed by atoms with Crippen LogP contribution in [0.25, 0.3) is 0 Å². The number of nitrogens with two attached hydrogens (primary N) is 1. The molecular weight excluding hydrogens is 346 g/mol. The third kappa shape index (κ3) is 3.07. The first kappa shape index (κ1) is 19.4. The van der Waals surface area contributed by atoms with Gasteiger partial charge in [-0.25, -0.2) is 4.98 Å². The minimum Gasteiger partial charge on any atom is -0.392 e. The first-order valence-corrected chi connectivity index (χ1v) is 10.3. The van der Waals surface area contributed by atoms with E-state index in [2.05, 4.69) is 25.4 Å². The summed E-state index contributed by atoms with van der Waals surface area (Å²) in [5.41, 5.74) is 7.04. The number of nitrogens with zero attached hydrogens (tertiary/aromatic N) is 2. The Hall–Kier alpha value is -1.40. The number of hydrogen-bond acceptors (Lipinski definition) is 5. The van der Waals surface area contributed by atoms with E-state index in [-0.39, 0.29) is 35.0 Å². The largest absolute Gasteiger partial charge is 0.392 e. The van der Waals surface area contributed by atoms with Crippen molar-refractivity contribution in [2.75, 3.05) is 19.3 Å². The predicted molar refractivity (Wildman–Crippen MR) is 106 cm³/mol. The lowest BCUT2D eigenvalue weighted by molar-refractivity contribution is -0.143. The van der Waals surface area contributed by atoms with Crippen molar-refractivity contribution in [2.24, 2.45) is 23.2 Å². The number of hydrogen-bond donors (Lipinski definition) is 2. The van der Waals surface area contributed by atoms with E-state index >= 15 is 0 Å². The van der Waals surface area contributed by atoms with Crippen LogP contribution < -0.4 is 5.73 Å². The lowest BCUT2D eigenvalue weighted by Gasteiger charge is -2.53. The molecule has 3 rings (SSSR count). The minimum absolute atomic E-state index is 0.0205. The molecule has 0 unspecified atom stereocenters. The van der Waals surface area contributed by atoms with Gasteiger partial charge in [-0.3, -0.25) is 4.79 Å². The highest BCUT2D eigenvalue weighted by Gasteiger charge is 2.53. The van der Waals surface area contributed by atoms with Crippen molar-refractivity contribution in [3.63, 3.8) is 0 Å².